The molecule has 10 heteroatoms. The largest absolute Gasteiger partial charge is 0.341 e. The zero-order chi connectivity index (χ0) is 18.0. The summed E-state index contributed by atoms with van der Waals surface area (Å²) in [6.45, 7) is 2.24. The second-order valence-electron chi connectivity index (χ2n) is 5.63. The Labute approximate surface area is 141 Å². The van der Waals surface area contributed by atoms with Crippen LogP contribution in [0, 0.1) is 11.6 Å². The van der Waals surface area contributed by atoms with Crippen LogP contribution in [0.1, 0.15) is 29.0 Å². The van der Waals surface area contributed by atoms with Crippen LogP contribution in [-0.2, 0) is 0 Å². The SMILES string of the molecule is CC(CN(C)C(=O)c1cnn(-c2ccc(F)cc2F)c1)c1nn[nH]n1. The first-order valence-corrected chi connectivity index (χ1v) is 7.44. The minimum atomic E-state index is -0.763. The first-order valence-electron chi connectivity index (χ1n) is 7.44. The Morgan fingerprint density at radius 2 is 2.20 bits per heavy atom. The Kier molecular flexibility index (Phi) is 4.50. The van der Waals surface area contributed by atoms with Crippen molar-refractivity contribution in [3.63, 3.8) is 0 Å². The van der Waals surface area contributed by atoms with Gasteiger partial charge in [-0.1, -0.05) is 12.1 Å². The fourth-order valence-corrected chi connectivity index (χ4v) is 2.41. The molecule has 2 heterocycles. The third kappa shape index (κ3) is 3.52. The van der Waals surface area contributed by atoms with Crippen molar-refractivity contribution in [2.24, 2.45) is 0 Å². The highest BCUT2D eigenvalue weighted by Crippen LogP contribution is 2.16. The molecule has 3 aromatic rings. The van der Waals surface area contributed by atoms with E-state index in [1.165, 1.54) is 28.0 Å². The molecule has 0 aliphatic rings. The van der Waals surface area contributed by atoms with E-state index < -0.39 is 11.6 Å². The monoisotopic (exact) mass is 347 g/mol. The number of rotatable bonds is 5. The van der Waals surface area contributed by atoms with Gasteiger partial charge in [0.25, 0.3) is 5.91 Å². The zero-order valence-corrected chi connectivity index (χ0v) is 13.5. The quantitative estimate of drug-likeness (QED) is 0.756. The molecule has 0 saturated heterocycles. The molecule has 0 aliphatic carbocycles. The standard InChI is InChI=1S/C15H15F2N7O/c1-9(14-19-21-22-20-14)7-23(2)15(25)10-6-18-24(8-10)13-4-3-11(16)5-12(13)17/h3-6,8-9H,7H2,1-2H3,(H,19,20,21,22). The number of aromatic amines is 1. The van der Waals surface area contributed by atoms with Gasteiger partial charge >= 0.3 is 0 Å². The number of likely N-dealkylation sites (N-methyl/N-ethyl adjacent to an activating group) is 1. The molecule has 1 atom stereocenters. The summed E-state index contributed by atoms with van der Waals surface area (Å²) >= 11 is 0. The highest BCUT2D eigenvalue weighted by Gasteiger charge is 2.20. The third-order valence-corrected chi connectivity index (χ3v) is 3.68. The Balaban J connectivity index is 1.73. The topological polar surface area (TPSA) is 92.6 Å². The van der Waals surface area contributed by atoms with Crippen molar-refractivity contribution in [1.82, 2.24) is 35.3 Å². The second-order valence-corrected chi connectivity index (χ2v) is 5.63. The van der Waals surface area contributed by atoms with E-state index >= 15 is 0 Å². The number of amides is 1. The third-order valence-electron chi connectivity index (χ3n) is 3.68. The van der Waals surface area contributed by atoms with Gasteiger partial charge in [-0.2, -0.15) is 10.3 Å². The van der Waals surface area contributed by atoms with Gasteiger partial charge < -0.3 is 4.90 Å². The van der Waals surface area contributed by atoms with Crippen molar-refractivity contribution >= 4 is 5.91 Å². The first-order chi connectivity index (χ1) is 12.0. The average Bonchev–Trinajstić information content (AvgIpc) is 3.26. The van der Waals surface area contributed by atoms with Crippen molar-refractivity contribution < 1.29 is 13.6 Å². The van der Waals surface area contributed by atoms with E-state index in [0.29, 0.717) is 12.4 Å². The number of aromatic nitrogens is 6. The number of carbonyl (C=O) groups is 1. The molecule has 1 aromatic carbocycles. The molecule has 0 saturated carbocycles. The van der Waals surface area contributed by atoms with Crippen molar-refractivity contribution in [1.29, 1.82) is 0 Å². The van der Waals surface area contributed by atoms with Gasteiger partial charge in [0.2, 0.25) is 0 Å². The van der Waals surface area contributed by atoms with Gasteiger partial charge in [0.1, 0.15) is 11.5 Å². The van der Waals surface area contributed by atoms with Crippen molar-refractivity contribution in [3.05, 3.63) is 53.6 Å². The molecule has 1 amide bonds. The number of benzene rings is 1. The van der Waals surface area contributed by atoms with Crippen molar-refractivity contribution in [3.8, 4) is 5.69 Å². The maximum Gasteiger partial charge on any atom is 0.256 e. The average molecular weight is 347 g/mol. The smallest absolute Gasteiger partial charge is 0.256 e. The van der Waals surface area contributed by atoms with Gasteiger partial charge in [-0.05, 0) is 12.1 Å². The molecule has 3 rings (SSSR count). The van der Waals surface area contributed by atoms with Gasteiger partial charge in [0.15, 0.2) is 11.6 Å². The lowest BCUT2D eigenvalue weighted by Gasteiger charge is -2.19. The Bertz CT molecular complexity index is 878. The summed E-state index contributed by atoms with van der Waals surface area (Å²) in [5, 5.41) is 17.6. The lowest BCUT2D eigenvalue weighted by atomic mass is 10.1. The number of hydrogen-bond acceptors (Lipinski definition) is 5. The lowest BCUT2D eigenvalue weighted by Crippen LogP contribution is -2.30. The Morgan fingerprint density at radius 3 is 2.88 bits per heavy atom. The van der Waals surface area contributed by atoms with Crippen LogP contribution < -0.4 is 0 Å². The van der Waals surface area contributed by atoms with Crippen LogP contribution >= 0.6 is 0 Å². The number of carbonyl (C=O) groups excluding carboxylic acids is 1. The molecule has 0 aliphatic heterocycles. The van der Waals surface area contributed by atoms with Crippen LogP contribution in [0.15, 0.2) is 30.6 Å². The van der Waals surface area contributed by atoms with Gasteiger partial charge in [0, 0.05) is 31.8 Å². The molecule has 1 unspecified atom stereocenters. The van der Waals surface area contributed by atoms with Crippen LogP contribution in [0.4, 0.5) is 8.78 Å². The molecule has 0 fully saturated rings. The van der Waals surface area contributed by atoms with Gasteiger partial charge in [-0.25, -0.2) is 13.5 Å². The number of halogens is 2. The predicted octanol–water partition coefficient (Wildman–Crippen LogP) is 1.54. The highest BCUT2D eigenvalue weighted by atomic mass is 19.1. The summed E-state index contributed by atoms with van der Waals surface area (Å²) in [4.78, 5) is 14.0. The molecule has 1 N–H and O–H groups in total. The van der Waals surface area contributed by atoms with Crippen molar-refractivity contribution in [2.45, 2.75) is 12.8 Å². The van der Waals surface area contributed by atoms with Gasteiger partial charge in [0.05, 0.1) is 11.8 Å². The molecule has 0 radical (unpaired) electrons. The molecule has 0 spiro atoms. The maximum atomic E-state index is 13.8. The molecule has 2 aromatic heterocycles. The van der Waals surface area contributed by atoms with Crippen LogP contribution in [0.3, 0.4) is 0 Å². The number of nitrogens with one attached hydrogen (secondary N) is 1. The van der Waals surface area contributed by atoms with Gasteiger partial charge in [-0.15, -0.1) is 10.2 Å². The van der Waals surface area contributed by atoms with Crippen LogP contribution in [-0.4, -0.2) is 54.8 Å². The zero-order valence-electron chi connectivity index (χ0n) is 13.5. The number of nitrogens with zero attached hydrogens (tertiary/aromatic N) is 6. The summed E-state index contributed by atoms with van der Waals surface area (Å²) in [5.74, 6) is -1.34. The second kappa shape index (κ2) is 6.75. The summed E-state index contributed by atoms with van der Waals surface area (Å²) in [7, 11) is 1.63. The van der Waals surface area contributed by atoms with Crippen LogP contribution in [0.5, 0.6) is 0 Å². The minimum absolute atomic E-state index is 0.0586. The first kappa shape index (κ1) is 16.7. The number of hydrogen-bond donors (Lipinski definition) is 1. The highest BCUT2D eigenvalue weighted by molar-refractivity contribution is 5.93. The lowest BCUT2D eigenvalue weighted by molar-refractivity contribution is 0.0787. The van der Waals surface area contributed by atoms with E-state index in [2.05, 4.69) is 25.7 Å². The van der Waals surface area contributed by atoms with Crippen molar-refractivity contribution in [2.75, 3.05) is 13.6 Å². The molecule has 8 nitrogen and oxygen atoms in total. The maximum absolute atomic E-state index is 13.8. The van der Waals surface area contributed by atoms with E-state index in [-0.39, 0.29) is 23.1 Å². The van der Waals surface area contributed by atoms with Crippen LogP contribution in [0.25, 0.3) is 5.69 Å². The fourth-order valence-electron chi connectivity index (χ4n) is 2.41. The molecular formula is C15H15F2N7O. The Hall–Kier alpha value is -3.17. The van der Waals surface area contributed by atoms with E-state index in [4.69, 9.17) is 0 Å². The van der Waals surface area contributed by atoms with E-state index in [0.717, 1.165) is 12.1 Å². The normalized spacial score (nSPS) is 12.2. The number of H-pyrrole nitrogens is 1. The fraction of sp³-hybridized carbons (Fsp3) is 0.267. The summed E-state index contributed by atoms with van der Waals surface area (Å²) < 4.78 is 28.0. The predicted molar refractivity (Wildman–Crippen MR) is 83.0 cm³/mol. The number of tetrazole rings is 1. The molecule has 25 heavy (non-hydrogen) atoms. The molecular weight excluding hydrogens is 332 g/mol. The molecule has 0 bridgehead atoms. The summed E-state index contributed by atoms with van der Waals surface area (Å²) in [5.41, 5.74) is 0.342. The molecule has 130 valence electrons. The van der Waals surface area contributed by atoms with E-state index in [9.17, 15) is 13.6 Å². The minimum Gasteiger partial charge on any atom is -0.341 e. The van der Waals surface area contributed by atoms with E-state index in [1.54, 1.807) is 7.05 Å². The van der Waals surface area contributed by atoms with Crippen LogP contribution in [0.2, 0.25) is 0 Å². The Morgan fingerprint density at radius 1 is 1.40 bits per heavy atom. The van der Waals surface area contributed by atoms with Gasteiger partial charge in [-0.3, -0.25) is 4.79 Å². The summed E-state index contributed by atoms with van der Waals surface area (Å²) in [6.07, 6.45) is 2.73. The van der Waals surface area contributed by atoms with E-state index in [1.807, 2.05) is 6.92 Å². The summed E-state index contributed by atoms with van der Waals surface area (Å²) in [6, 6.07) is 3.14.